The van der Waals surface area contributed by atoms with Gasteiger partial charge in [0.05, 0.1) is 6.61 Å². The molecule has 1 heterocycles. The minimum atomic E-state index is -0.519. The van der Waals surface area contributed by atoms with Crippen LogP contribution < -0.4 is 10.6 Å². The largest absolute Gasteiger partial charge is 0.450 e. The van der Waals surface area contributed by atoms with Crippen LogP contribution in [0.1, 0.15) is 26.2 Å². The summed E-state index contributed by atoms with van der Waals surface area (Å²) in [6.07, 6.45) is 2.07. The Hall–Kier alpha value is -1.26. The number of carbonyl (C=O) groups is 2. The van der Waals surface area contributed by atoms with Gasteiger partial charge in [-0.2, -0.15) is 0 Å². The summed E-state index contributed by atoms with van der Waals surface area (Å²) in [7, 11) is 0. The predicted octanol–water partition coefficient (Wildman–Crippen LogP) is 0.401. The summed E-state index contributed by atoms with van der Waals surface area (Å²) in [5.74, 6) is -0.115. The van der Waals surface area contributed by atoms with Crippen molar-refractivity contribution in [3.63, 3.8) is 0 Å². The molecule has 1 aliphatic heterocycles. The summed E-state index contributed by atoms with van der Waals surface area (Å²) in [6.45, 7) is 2.74. The fraction of sp³-hybridized carbons (Fsp3) is 0.778. The molecule has 14 heavy (non-hydrogen) atoms. The molecule has 0 aromatic carbocycles. The summed E-state index contributed by atoms with van der Waals surface area (Å²) in [5, 5.41) is 5.27. The highest BCUT2D eigenvalue weighted by Gasteiger charge is 2.22. The Labute approximate surface area is 83.2 Å². The molecular formula is C9H16N2O3. The Kier molecular flexibility index (Phi) is 4.22. The topological polar surface area (TPSA) is 67.4 Å². The van der Waals surface area contributed by atoms with Gasteiger partial charge in [-0.1, -0.05) is 0 Å². The highest BCUT2D eigenvalue weighted by molar-refractivity contribution is 5.85. The van der Waals surface area contributed by atoms with Crippen molar-refractivity contribution < 1.29 is 14.3 Å². The summed E-state index contributed by atoms with van der Waals surface area (Å²) in [4.78, 5) is 22.4. The van der Waals surface area contributed by atoms with Gasteiger partial charge in [-0.15, -0.1) is 0 Å². The van der Waals surface area contributed by atoms with Gasteiger partial charge in [-0.05, 0) is 26.2 Å². The van der Waals surface area contributed by atoms with Gasteiger partial charge in [0, 0.05) is 6.54 Å². The van der Waals surface area contributed by atoms with Gasteiger partial charge < -0.3 is 15.4 Å². The predicted molar refractivity (Wildman–Crippen MR) is 50.8 cm³/mol. The Bertz CT molecular complexity index is 218. The molecule has 5 heteroatoms. The number of amides is 2. The quantitative estimate of drug-likeness (QED) is 0.678. The molecular weight excluding hydrogens is 184 g/mol. The molecule has 0 aliphatic carbocycles. The molecule has 0 bridgehead atoms. The van der Waals surface area contributed by atoms with E-state index in [4.69, 9.17) is 4.74 Å². The van der Waals surface area contributed by atoms with Crippen molar-refractivity contribution >= 4 is 12.0 Å². The van der Waals surface area contributed by atoms with E-state index >= 15 is 0 Å². The molecule has 0 radical (unpaired) electrons. The lowest BCUT2D eigenvalue weighted by molar-refractivity contribution is -0.122. The lowest BCUT2D eigenvalue weighted by atomic mass is 10.1. The minimum absolute atomic E-state index is 0.115. The van der Waals surface area contributed by atoms with Crippen LogP contribution in [0.2, 0.25) is 0 Å². The molecule has 1 aliphatic rings. The van der Waals surface area contributed by atoms with Gasteiger partial charge in [0.2, 0.25) is 5.91 Å². The number of ether oxygens (including phenoxy) is 1. The van der Waals surface area contributed by atoms with E-state index < -0.39 is 12.1 Å². The molecule has 80 valence electrons. The number of nitrogens with one attached hydrogen (secondary N) is 2. The Balaban J connectivity index is 2.40. The maximum atomic E-state index is 11.4. The molecule has 1 atom stereocenters. The first-order chi connectivity index (χ1) is 6.74. The van der Waals surface area contributed by atoms with E-state index in [1.807, 2.05) is 0 Å². The first-order valence-electron chi connectivity index (χ1n) is 4.95. The van der Waals surface area contributed by atoms with Gasteiger partial charge >= 0.3 is 6.09 Å². The van der Waals surface area contributed by atoms with Crippen LogP contribution in [0.25, 0.3) is 0 Å². The van der Waals surface area contributed by atoms with Crippen molar-refractivity contribution in [1.29, 1.82) is 0 Å². The molecule has 0 aromatic heterocycles. The average Bonchev–Trinajstić information content (AvgIpc) is 2.33. The van der Waals surface area contributed by atoms with E-state index in [9.17, 15) is 9.59 Å². The molecule has 0 aromatic rings. The van der Waals surface area contributed by atoms with Crippen LogP contribution in [0.5, 0.6) is 0 Å². The summed E-state index contributed by atoms with van der Waals surface area (Å²) < 4.78 is 4.70. The number of rotatable bonds is 2. The van der Waals surface area contributed by atoms with E-state index in [1.54, 1.807) is 6.92 Å². The minimum Gasteiger partial charge on any atom is -0.450 e. The van der Waals surface area contributed by atoms with Crippen LogP contribution in [-0.4, -0.2) is 31.2 Å². The second-order valence-electron chi connectivity index (χ2n) is 3.20. The molecule has 0 spiro atoms. The van der Waals surface area contributed by atoms with Crippen molar-refractivity contribution in [3.05, 3.63) is 0 Å². The van der Waals surface area contributed by atoms with E-state index in [1.165, 1.54) is 0 Å². The summed E-state index contributed by atoms with van der Waals surface area (Å²) in [6, 6.07) is -0.434. The molecule has 1 unspecified atom stereocenters. The molecule has 1 saturated heterocycles. The monoisotopic (exact) mass is 200 g/mol. The van der Waals surface area contributed by atoms with Gasteiger partial charge in [0.1, 0.15) is 6.04 Å². The number of alkyl carbamates (subject to hydrolysis) is 1. The van der Waals surface area contributed by atoms with E-state index in [2.05, 4.69) is 10.6 Å². The molecule has 0 saturated carbocycles. The van der Waals surface area contributed by atoms with Crippen LogP contribution in [0.4, 0.5) is 4.79 Å². The fourth-order valence-electron chi connectivity index (χ4n) is 1.39. The van der Waals surface area contributed by atoms with Crippen molar-refractivity contribution in [2.24, 2.45) is 0 Å². The van der Waals surface area contributed by atoms with Crippen LogP contribution >= 0.6 is 0 Å². The normalized spacial score (nSPS) is 22.1. The van der Waals surface area contributed by atoms with Gasteiger partial charge in [0.15, 0.2) is 0 Å². The molecule has 1 fully saturated rings. The third-order valence-electron chi connectivity index (χ3n) is 2.10. The number of carbonyl (C=O) groups excluding carboxylic acids is 2. The lowest BCUT2D eigenvalue weighted by Crippen LogP contribution is -2.45. The molecule has 2 amide bonds. The fourth-order valence-corrected chi connectivity index (χ4v) is 1.39. The second-order valence-corrected chi connectivity index (χ2v) is 3.20. The van der Waals surface area contributed by atoms with Crippen LogP contribution in [-0.2, 0) is 9.53 Å². The third-order valence-corrected chi connectivity index (χ3v) is 2.10. The van der Waals surface area contributed by atoms with Crippen molar-refractivity contribution in [1.82, 2.24) is 10.6 Å². The molecule has 5 nitrogen and oxygen atoms in total. The maximum Gasteiger partial charge on any atom is 0.407 e. The third kappa shape index (κ3) is 3.24. The van der Waals surface area contributed by atoms with Crippen molar-refractivity contribution in [2.75, 3.05) is 13.2 Å². The van der Waals surface area contributed by atoms with Crippen LogP contribution in [0.15, 0.2) is 0 Å². The summed E-state index contributed by atoms with van der Waals surface area (Å²) in [5.41, 5.74) is 0. The summed E-state index contributed by atoms with van der Waals surface area (Å²) >= 11 is 0. The SMILES string of the molecule is CCOC(=O)NC1CCCCNC1=O. The van der Waals surface area contributed by atoms with Crippen molar-refractivity contribution in [3.8, 4) is 0 Å². The van der Waals surface area contributed by atoms with Gasteiger partial charge in [-0.25, -0.2) is 4.79 Å². The molecule has 1 rings (SSSR count). The molecule has 2 N–H and O–H groups in total. The zero-order chi connectivity index (χ0) is 10.4. The zero-order valence-corrected chi connectivity index (χ0v) is 8.34. The smallest absolute Gasteiger partial charge is 0.407 e. The Morgan fingerprint density at radius 2 is 2.43 bits per heavy atom. The van der Waals surface area contributed by atoms with Gasteiger partial charge in [-0.3, -0.25) is 4.79 Å². The highest BCUT2D eigenvalue weighted by Crippen LogP contribution is 2.05. The Morgan fingerprint density at radius 3 is 3.14 bits per heavy atom. The first-order valence-corrected chi connectivity index (χ1v) is 4.95. The van der Waals surface area contributed by atoms with Gasteiger partial charge in [0.25, 0.3) is 0 Å². The van der Waals surface area contributed by atoms with Crippen molar-refractivity contribution in [2.45, 2.75) is 32.2 Å². The Morgan fingerprint density at radius 1 is 1.64 bits per heavy atom. The van der Waals surface area contributed by atoms with E-state index in [0.717, 1.165) is 12.8 Å². The first kappa shape index (κ1) is 10.8. The second kappa shape index (κ2) is 5.47. The lowest BCUT2D eigenvalue weighted by Gasteiger charge is -2.14. The number of hydrogen-bond acceptors (Lipinski definition) is 3. The van der Waals surface area contributed by atoms with E-state index in [0.29, 0.717) is 19.6 Å². The van der Waals surface area contributed by atoms with E-state index in [-0.39, 0.29) is 5.91 Å². The maximum absolute atomic E-state index is 11.4. The highest BCUT2D eigenvalue weighted by atomic mass is 16.5. The van der Waals surface area contributed by atoms with Crippen LogP contribution in [0.3, 0.4) is 0 Å². The number of hydrogen-bond donors (Lipinski definition) is 2. The average molecular weight is 200 g/mol. The van der Waals surface area contributed by atoms with Crippen LogP contribution in [0, 0.1) is 0 Å². The zero-order valence-electron chi connectivity index (χ0n) is 8.34. The standard InChI is InChI=1S/C9H16N2O3/c1-2-14-9(13)11-7-5-3-4-6-10-8(7)12/h7H,2-6H2,1H3,(H,10,12)(H,11,13).